The van der Waals surface area contributed by atoms with Gasteiger partial charge in [0.15, 0.2) is 0 Å². The Morgan fingerprint density at radius 3 is 2.87 bits per heavy atom. The topological polar surface area (TPSA) is 43.6 Å². The van der Waals surface area contributed by atoms with Gasteiger partial charge in [-0.3, -0.25) is 4.21 Å². The van der Waals surface area contributed by atoms with Crippen molar-refractivity contribution in [2.24, 2.45) is 0 Å². The van der Waals surface area contributed by atoms with Gasteiger partial charge < -0.3 is 9.14 Å². The molecule has 0 aliphatic rings. The van der Waals surface area contributed by atoms with Gasteiger partial charge in [-0.15, -0.1) is 0 Å². The smallest absolute Gasteiger partial charge is 0.139 e. The lowest BCUT2D eigenvalue weighted by Crippen LogP contribution is -2.02. The van der Waals surface area contributed by atoms with E-state index in [0.29, 0.717) is 17.1 Å². The van der Waals surface area contributed by atoms with Crippen molar-refractivity contribution < 1.29 is 13.3 Å². The average Bonchev–Trinajstić information content (AvgIpc) is 2.91. The Morgan fingerprint density at radius 1 is 1.30 bits per heavy atom. The van der Waals surface area contributed by atoms with E-state index in [1.807, 2.05) is 35.9 Å². The Bertz CT molecular complexity index is 876. The molecule has 3 rings (SSSR count). The molecule has 4 nitrogen and oxygen atoms in total. The first kappa shape index (κ1) is 15.7. The third-order valence-electron chi connectivity index (χ3n) is 3.60. The molecule has 6 heteroatoms. The maximum absolute atomic E-state index is 13.4. The van der Waals surface area contributed by atoms with Crippen LogP contribution in [0.4, 0.5) is 4.39 Å². The van der Waals surface area contributed by atoms with Gasteiger partial charge in [-0.25, -0.2) is 9.37 Å². The molecule has 0 unspecified atom stereocenters. The van der Waals surface area contributed by atoms with E-state index in [1.165, 1.54) is 19.2 Å². The normalized spacial score (nSPS) is 12.5. The maximum Gasteiger partial charge on any atom is 0.139 e. The fourth-order valence-electron chi connectivity index (χ4n) is 2.52. The van der Waals surface area contributed by atoms with E-state index in [-0.39, 0.29) is 11.6 Å². The molecule has 0 saturated heterocycles. The average molecular weight is 332 g/mol. The van der Waals surface area contributed by atoms with E-state index in [1.54, 1.807) is 6.07 Å². The van der Waals surface area contributed by atoms with Crippen LogP contribution in [0.25, 0.3) is 5.65 Å². The third kappa shape index (κ3) is 3.42. The van der Waals surface area contributed by atoms with Crippen LogP contribution in [-0.4, -0.2) is 20.7 Å². The van der Waals surface area contributed by atoms with Crippen LogP contribution in [-0.2, 0) is 22.3 Å². The minimum Gasteiger partial charge on any atom is -0.496 e. The first-order valence-corrected chi connectivity index (χ1v) is 8.66. The fraction of sp³-hybridized carbons (Fsp3) is 0.235. The third-order valence-corrected chi connectivity index (χ3v) is 4.85. The van der Waals surface area contributed by atoms with Crippen molar-refractivity contribution in [1.82, 2.24) is 9.38 Å². The number of aryl methyl sites for hydroxylation is 1. The lowest BCUT2D eigenvalue weighted by Gasteiger charge is -2.07. The molecule has 0 amide bonds. The lowest BCUT2D eigenvalue weighted by atomic mass is 10.2. The molecule has 1 aromatic carbocycles. The molecule has 120 valence electrons. The van der Waals surface area contributed by atoms with E-state index in [0.717, 1.165) is 16.9 Å². The second kappa shape index (κ2) is 6.50. The molecule has 2 aromatic heterocycles. The Labute approximate surface area is 136 Å². The van der Waals surface area contributed by atoms with Gasteiger partial charge in [0.1, 0.15) is 17.2 Å². The number of pyridine rings is 1. The molecule has 0 radical (unpaired) electrons. The molecular weight excluding hydrogens is 315 g/mol. The van der Waals surface area contributed by atoms with Gasteiger partial charge in [0, 0.05) is 28.8 Å². The minimum absolute atomic E-state index is 0.230. The number of imidazole rings is 1. The molecule has 23 heavy (non-hydrogen) atoms. The van der Waals surface area contributed by atoms with Crippen LogP contribution in [0, 0.1) is 12.7 Å². The highest BCUT2D eigenvalue weighted by Crippen LogP contribution is 2.22. The molecule has 0 spiro atoms. The summed E-state index contributed by atoms with van der Waals surface area (Å²) in [5.74, 6) is 0.737. The second-order valence-corrected chi connectivity index (χ2v) is 6.80. The minimum atomic E-state index is -1.20. The van der Waals surface area contributed by atoms with Crippen LogP contribution in [0.5, 0.6) is 5.75 Å². The zero-order valence-corrected chi connectivity index (χ0v) is 13.8. The van der Waals surface area contributed by atoms with E-state index in [2.05, 4.69) is 4.98 Å². The Hall–Kier alpha value is -2.21. The van der Waals surface area contributed by atoms with E-state index in [9.17, 15) is 8.60 Å². The number of rotatable bonds is 5. The largest absolute Gasteiger partial charge is 0.496 e. The van der Waals surface area contributed by atoms with Crippen molar-refractivity contribution in [1.29, 1.82) is 0 Å². The summed E-state index contributed by atoms with van der Waals surface area (Å²) in [6, 6.07) is 8.18. The van der Waals surface area contributed by atoms with E-state index >= 15 is 0 Å². The Kier molecular flexibility index (Phi) is 4.43. The molecule has 0 aliphatic carbocycles. The lowest BCUT2D eigenvalue weighted by molar-refractivity contribution is 0.410. The van der Waals surface area contributed by atoms with Gasteiger partial charge in [0.25, 0.3) is 0 Å². The number of fused-ring (bicyclic) bond motifs is 1. The zero-order valence-electron chi connectivity index (χ0n) is 13.0. The monoisotopic (exact) mass is 332 g/mol. The molecule has 2 heterocycles. The van der Waals surface area contributed by atoms with Crippen LogP contribution in [0.1, 0.15) is 16.8 Å². The van der Waals surface area contributed by atoms with E-state index < -0.39 is 10.8 Å². The predicted octanol–water partition coefficient (Wildman–Crippen LogP) is 3.24. The molecule has 0 aliphatic heterocycles. The van der Waals surface area contributed by atoms with Gasteiger partial charge in [-0.1, -0.05) is 6.07 Å². The van der Waals surface area contributed by atoms with Crippen LogP contribution in [0.2, 0.25) is 0 Å². The van der Waals surface area contributed by atoms with Gasteiger partial charge in [-0.2, -0.15) is 0 Å². The van der Waals surface area contributed by atoms with E-state index in [4.69, 9.17) is 4.74 Å². The van der Waals surface area contributed by atoms with Crippen LogP contribution in [0.15, 0.2) is 42.7 Å². The predicted molar refractivity (Wildman–Crippen MR) is 88.4 cm³/mol. The van der Waals surface area contributed by atoms with Crippen LogP contribution in [0.3, 0.4) is 0 Å². The number of halogens is 1. The standard InChI is InChI=1S/C17H17FN2O2S/c1-12-4-3-7-20-9-15(19-17(12)20)11-23(21)10-13-8-14(18)5-6-16(13)22-2/h3-9H,10-11H2,1-2H3/t23-/m1/s1. The maximum atomic E-state index is 13.4. The summed E-state index contributed by atoms with van der Waals surface area (Å²) in [5, 5.41) is 0. The summed E-state index contributed by atoms with van der Waals surface area (Å²) in [5.41, 5.74) is 3.29. The first-order chi connectivity index (χ1) is 11.1. The summed E-state index contributed by atoms with van der Waals surface area (Å²) >= 11 is 0. The Balaban J connectivity index is 1.78. The molecule has 3 aromatic rings. The second-order valence-electron chi connectivity index (χ2n) is 5.34. The Morgan fingerprint density at radius 2 is 2.13 bits per heavy atom. The van der Waals surface area contributed by atoms with Crippen molar-refractivity contribution in [3.8, 4) is 5.75 Å². The number of benzene rings is 1. The van der Waals surface area contributed by atoms with Crippen molar-refractivity contribution in [2.75, 3.05) is 7.11 Å². The van der Waals surface area contributed by atoms with Crippen LogP contribution >= 0.6 is 0 Å². The van der Waals surface area contributed by atoms with Gasteiger partial charge in [0.2, 0.25) is 0 Å². The molecule has 0 bridgehead atoms. The summed E-state index contributed by atoms with van der Waals surface area (Å²) < 4.78 is 32.9. The van der Waals surface area contributed by atoms with Crippen LogP contribution < -0.4 is 4.74 Å². The van der Waals surface area contributed by atoms with Crippen molar-refractivity contribution >= 4 is 16.4 Å². The number of ether oxygens (including phenoxy) is 1. The number of hydrogen-bond acceptors (Lipinski definition) is 3. The van der Waals surface area contributed by atoms with Crippen molar-refractivity contribution in [3.63, 3.8) is 0 Å². The number of nitrogens with zero attached hydrogens (tertiary/aromatic N) is 2. The van der Waals surface area contributed by atoms with Gasteiger partial charge in [-0.05, 0) is 36.8 Å². The van der Waals surface area contributed by atoms with Crippen molar-refractivity contribution in [3.05, 3.63) is 65.4 Å². The summed E-state index contributed by atoms with van der Waals surface area (Å²) in [6.07, 6.45) is 3.79. The number of aromatic nitrogens is 2. The molecule has 0 fully saturated rings. The quantitative estimate of drug-likeness (QED) is 0.720. The molecular formula is C17H17FN2O2S. The summed E-state index contributed by atoms with van der Waals surface area (Å²) in [6.45, 7) is 1.99. The van der Waals surface area contributed by atoms with Gasteiger partial charge in [0.05, 0.1) is 24.3 Å². The number of methoxy groups -OCH3 is 1. The zero-order chi connectivity index (χ0) is 16.4. The van der Waals surface area contributed by atoms with Gasteiger partial charge >= 0.3 is 0 Å². The molecule has 1 atom stereocenters. The fourth-order valence-corrected chi connectivity index (χ4v) is 3.67. The molecule has 0 N–H and O–H groups in total. The molecule has 0 saturated carbocycles. The van der Waals surface area contributed by atoms with Crippen molar-refractivity contribution in [2.45, 2.75) is 18.4 Å². The highest BCUT2D eigenvalue weighted by molar-refractivity contribution is 7.83. The number of hydrogen-bond donors (Lipinski definition) is 0. The summed E-state index contributed by atoms with van der Waals surface area (Å²) in [4.78, 5) is 4.52. The first-order valence-electron chi connectivity index (χ1n) is 7.17. The SMILES string of the molecule is COc1ccc(F)cc1C[S@@](=O)Cc1cn2cccc(C)c2n1. The highest BCUT2D eigenvalue weighted by atomic mass is 32.2. The highest BCUT2D eigenvalue weighted by Gasteiger charge is 2.12. The summed E-state index contributed by atoms with van der Waals surface area (Å²) in [7, 11) is 0.320.